The number of nitrogens with zero attached hydrogens (tertiary/aromatic N) is 1. The van der Waals surface area contributed by atoms with Crippen molar-refractivity contribution in [3.05, 3.63) is 52.9 Å². The smallest absolute Gasteiger partial charge is 0.224 e. The van der Waals surface area contributed by atoms with Crippen LogP contribution in [0.25, 0.3) is 0 Å². The quantitative estimate of drug-likeness (QED) is 0.922. The number of amides is 1. The second-order valence-corrected chi connectivity index (χ2v) is 6.25. The molecule has 2 aromatic rings. The van der Waals surface area contributed by atoms with E-state index in [0.29, 0.717) is 18.3 Å². The minimum absolute atomic E-state index is 0.0422. The highest BCUT2D eigenvalue weighted by Gasteiger charge is 2.42. The Morgan fingerprint density at radius 3 is 2.73 bits per heavy atom. The van der Waals surface area contributed by atoms with Crippen LogP contribution in [0.1, 0.15) is 41.8 Å². The molecule has 0 saturated heterocycles. The summed E-state index contributed by atoms with van der Waals surface area (Å²) in [5.41, 5.74) is 3.08. The first-order valence-electron chi connectivity index (χ1n) is 7.82. The minimum atomic E-state index is 0.0422. The van der Waals surface area contributed by atoms with E-state index in [1.165, 1.54) is 5.56 Å². The van der Waals surface area contributed by atoms with Gasteiger partial charge in [-0.05, 0) is 44.6 Å². The molecular weight excluding hydrogens is 276 g/mol. The summed E-state index contributed by atoms with van der Waals surface area (Å²) in [6, 6.07) is 10.7. The number of hydrogen-bond acceptors (Lipinski definition) is 3. The van der Waals surface area contributed by atoms with Crippen molar-refractivity contribution < 1.29 is 9.32 Å². The lowest BCUT2D eigenvalue weighted by molar-refractivity contribution is -0.121. The molecular formula is C18H22N2O2. The molecule has 1 aromatic carbocycles. The normalized spacial score (nSPS) is 21.4. The van der Waals surface area contributed by atoms with Crippen LogP contribution in [-0.2, 0) is 11.2 Å². The van der Waals surface area contributed by atoms with E-state index in [2.05, 4.69) is 41.7 Å². The molecule has 0 radical (unpaired) electrons. The minimum Gasteiger partial charge on any atom is -0.361 e. The Kier molecular flexibility index (Phi) is 4.01. The standard InChI is InChI=1S/C18H22N2O2/c1-11(16-9-17(16)14-7-5-4-6-8-14)19-18(21)10-15-12(2)20-22-13(15)3/h4-8,11,16-17H,9-10H2,1-3H3,(H,19,21). The third-order valence-electron chi connectivity index (χ3n) is 4.62. The van der Waals surface area contributed by atoms with Crippen LogP contribution in [0, 0.1) is 19.8 Å². The summed E-state index contributed by atoms with van der Waals surface area (Å²) >= 11 is 0. The molecule has 1 aromatic heterocycles. The highest BCUT2D eigenvalue weighted by molar-refractivity contribution is 5.79. The van der Waals surface area contributed by atoms with Crippen molar-refractivity contribution in [3.8, 4) is 0 Å². The predicted molar refractivity (Wildman–Crippen MR) is 84.6 cm³/mol. The van der Waals surface area contributed by atoms with Crippen LogP contribution in [0.4, 0.5) is 0 Å². The highest BCUT2D eigenvalue weighted by atomic mass is 16.5. The number of carbonyl (C=O) groups is 1. The van der Waals surface area contributed by atoms with Crippen molar-refractivity contribution in [1.29, 1.82) is 0 Å². The fourth-order valence-corrected chi connectivity index (χ4v) is 3.18. The Bertz CT molecular complexity index is 643. The summed E-state index contributed by atoms with van der Waals surface area (Å²) in [5, 5.41) is 7.02. The number of carbonyl (C=O) groups excluding carboxylic acids is 1. The SMILES string of the molecule is Cc1noc(C)c1CC(=O)NC(C)C1CC1c1ccccc1. The molecule has 1 heterocycles. The maximum atomic E-state index is 12.2. The molecule has 22 heavy (non-hydrogen) atoms. The molecule has 1 aliphatic rings. The molecule has 1 aliphatic carbocycles. The van der Waals surface area contributed by atoms with Gasteiger partial charge >= 0.3 is 0 Å². The van der Waals surface area contributed by atoms with Gasteiger partial charge in [0.2, 0.25) is 5.91 Å². The van der Waals surface area contributed by atoms with Crippen molar-refractivity contribution in [2.75, 3.05) is 0 Å². The van der Waals surface area contributed by atoms with E-state index < -0.39 is 0 Å². The fourth-order valence-electron chi connectivity index (χ4n) is 3.18. The first kappa shape index (κ1) is 14.8. The second-order valence-electron chi connectivity index (χ2n) is 6.25. The molecule has 0 spiro atoms. The Labute approximate surface area is 130 Å². The van der Waals surface area contributed by atoms with Crippen LogP contribution >= 0.6 is 0 Å². The van der Waals surface area contributed by atoms with Gasteiger partial charge in [-0.25, -0.2) is 0 Å². The number of hydrogen-bond donors (Lipinski definition) is 1. The lowest BCUT2D eigenvalue weighted by atomic mass is 10.1. The van der Waals surface area contributed by atoms with Crippen molar-refractivity contribution in [2.24, 2.45) is 5.92 Å². The molecule has 1 fully saturated rings. The zero-order valence-corrected chi connectivity index (χ0v) is 13.3. The Morgan fingerprint density at radius 1 is 1.36 bits per heavy atom. The second kappa shape index (κ2) is 5.95. The van der Waals surface area contributed by atoms with Crippen LogP contribution in [0.3, 0.4) is 0 Å². The van der Waals surface area contributed by atoms with E-state index in [4.69, 9.17) is 4.52 Å². The van der Waals surface area contributed by atoms with Gasteiger partial charge in [-0.2, -0.15) is 0 Å². The lowest BCUT2D eigenvalue weighted by Crippen LogP contribution is -2.35. The van der Waals surface area contributed by atoms with Crippen molar-refractivity contribution >= 4 is 5.91 Å². The van der Waals surface area contributed by atoms with E-state index >= 15 is 0 Å². The molecule has 3 atom stereocenters. The van der Waals surface area contributed by atoms with Gasteiger partial charge in [0, 0.05) is 11.6 Å². The van der Waals surface area contributed by atoms with Crippen LogP contribution in [-0.4, -0.2) is 17.1 Å². The Morgan fingerprint density at radius 2 is 2.09 bits per heavy atom. The van der Waals surface area contributed by atoms with Crippen molar-refractivity contribution in [3.63, 3.8) is 0 Å². The van der Waals surface area contributed by atoms with E-state index in [9.17, 15) is 4.79 Å². The van der Waals surface area contributed by atoms with Gasteiger partial charge < -0.3 is 9.84 Å². The first-order chi connectivity index (χ1) is 10.6. The largest absolute Gasteiger partial charge is 0.361 e. The fraction of sp³-hybridized carbons (Fsp3) is 0.444. The van der Waals surface area contributed by atoms with Crippen LogP contribution < -0.4 is 5.32 Å². The predicted octanol–water partition coefficient (Wildman–Crippen LogP) is 3.14. The zero-order chi connectivity index (χ0) is 15.7. The highest BCUT2D eigenvalue weighted by Crippen LogP contribution is 2.49. The van der Waals surface area contributed by atoms with Gasteiger partial charge in [0.25, 0.3) is 0 Å². The van der Waals surface area contributed by atoms with Crippen LogP contribution in [0.2, 0.25) is 0 Å². The maximum Gasteiger partial charge on any atom is 0.224 e. The molecule has 1 amide bonds. The van der Waals surface area contributed by atoms with Gasteiger partial charge in [-0.3, -0.25) is 4.79 Å². The number of rotatable bonds is 5. The van der Waals surface area contributed by atoms with E-state index in [1.807, 2.05) is 19.9 Å². The van der Waals surface area contributed by atoms with E-state index in [0.717, 1.165) is 23.4 Å². The lowest BCUT2D eigenvalue weighted by Gasteiger charge is -2.14. The molecule has 1 saturated carbocycles. The van der Waals surface area contributed by atoms with Gasteiger partial charge in [-0.1, -0.05) is 35.5 Å². The van der Waals surface area contributed by atoms with Crippen molar-refractivity contribution in [2.45, 2.75) is 45.6 Å². The van der Waals surface area contributed by atoms with E-state index in [-0.39, 0.29) is 11.9 Å². The molecule has 4 heteroatoms. The summed E-state index contributed by atoms with van der Waals surface area (Å²) in [6.45, 7) is 5.81. The first-order valence-corrected chi connectivity index (χ1v) is 7.82. The number of benzene rings is 1. The number of nitrogens with one attached hydrogen (secondary N) is 1. The van der Waals surface area contributed by atoms with Gasteiger partial charge in [0.15, 0.2) is 0 Å². The molecule has 3 unspecified atom stereocenters. The summed E-state index contributed by atoms with van der Waals surface area (Å²) < 4.78 is 5.11. The van der Waals surface area contributed by atoms with Gasteiger partial charge in [-0.15, -0.1) is 0 Å². The van der Waals surface area contributed by atoms with Crippen LogP contribution in [0.5, 0.6) is 0 Å². The molecule has 0 aliphatic heterocycles. The van der Waals surface area contributed by atoms with Gasteiger partial charge in [0.05, 0.1) is 12.1 Å². The summed E-state index contributed by atoms with van der Waals surface area (Å²) in [5.74, 6) is 1.89. The summed E-state index contributed by atoms with van der Waals surface area (Å²) in [7, 11) is 0. The van der Waals surface area contributed by atoms with Crippen molar-refractivity contribution in [1.82, 2.24) is 10.5 Å². The number of aromatic nitrogens is 1. The zero-order valence-electron chi connectivity index (χ0n) is 13.3. The monoisotopic (exact) mass is 298 g/mol. The van der Waals surface area contributed by atoms with E-state index in [1.54, 1.807) is 0 Å². The average molecular weight is 298 g/mol. The Balaban J connectivity index is 1.55. The average Bonchev–Trinajstić information content (AvgIpc) is 3.26. The molecule has 116 valence electrons. The third kappa shape index (κ3) is 3.06. The summed E-state index contributed by atoms with van der Waals surface area (Å²) in [6.07, 6.45) is 1.49. The molecule has 1 N–H and O–H groups in total. The molecule has 0 bridgehead atoms. The van der Waals surface area contributed by atoms with Crippen LogP contribution in [0.15, 0.2) is 34.9 Å². The van der Waals surface area contributed by atoms with Gasteiger partial charge in [0.1, 0.15) is 5.76 Å². The summed E-state index contributed by atoms with van der Waals surface area (Å²) in [4.78, 5) is 12.2. The molecule has 3 rings (SSSR count). The maximum absolute atomic E-state index is 12.2. The number of aryl methyl sites for hydroxylation is 2. The third-order valence-corrected chi connectivity index (χ3v) is 4.62. The topological polar surface area (TPSA) is 55.1 Å². The Hall–Kier alpha value is -2.10. The molecule has 4 nitrogen and oxygen atoms in total.